The second kappa shape index (κ2) is 10.7. The van der Waals surface area contributed by atoms with Crippen molar-refractivity contribution in [3.63, 3.8) is 0 Å². The van der Waals surface area contributed by atoms with Crippen molar-refractivity contribution in [1.29, 1.82) is 0 Å². The van der Waals surface area contributed by atoms with Gasteiger partial charge in [-0.15, -0.1) is 0 Å². The van der Waals surface area contributed by atoms with Crippen molar-refractivity contribution in [1.82, 2.24) is 4.98 Å². The molecule has 0 aromatic carbocycles. The van der Waals surface area contributed by atoms with Gasteiger partial charge in [0.1, 0.15) is 0 Å². The zero-order valence-corrected chi connectivity index (χ0v) is 15.8. The normalized spacial score (nSPS) is 12.8. The van der Waals surface area contributed by atoms with E-state index in [0.717, 1.165) is 0 Å². The first-order chi connectivity index (χ1) is 9.27. The Morgan fingerprint density at radius 1 is 1.05 bits per heavy atom. The Morgan fingerprint density at radius 3 is 2.26 bits per heavy atom. The van der Waals surface area contributed by atoms with Crippen LogP contribution in [0, 0.1) is 0 Å². The van der Waals surface area contributed by atoms with Crippen LogP contribution in [0.5, 0.6) is 0 Å². The van der Waals surface area contributed by atoms with E-state index >= 15 is 0 Å². The summed E-state index contributed by atoms with van der Waals surface area (Å²) in [5, 5.41) is 0. The van der Waals surface area contributed by atoms with Gasteiger partial charge in [-0.25, -0.2) is 0 Å². The Kier molecular flexibility index (Phi) is 9.58. The average molecular weight is 367 g/mol. The molecule has 0 N–H and O–H groups in total. The van der Waals surface area contributed by atoms with Gasteiger partial charge in [0.25, 0.3) is 0 Å². The maximum absolute atomic E-state index is 4.50. The van der Waals surface area contributed by atoms with Crippen LogP contribution in [0.1, 0.15) is 64.5 Å². The summed E-state index contributed by atoms with van der Waals surface area (Å²) in [6.45, 7) is 7.01. The van der Waals surface area contributed by atoms with E-state index in [1.54, 1.807) is 13.3 Å². The van der Waals surface area contributed by atoms with Crippen molar-refractivity contribution in [2.45, 2.75) is 72.1 Å². The van der Waals surface area contributed by atoms with E-state index in [0.29, 0.717) is 5.92 Å². The van der Waals surface area contributed by atoms with Crippen LogP contribution in [0.15, 0.2) is 24.4 Å². The fourth-order valence-electron chi connectivity index (χ4n) is 2.46. The number of rotatable bonds is 10. The zero-order chi connectivity index (χ0) is 13.9. The third kappa shape index (κ3) is 7.33. The second-order valence-electron chi connectivity index (χ2n) is 5.65. The Labute approximate surface area is 127 Å². The summed E-state index contributed by atoms with van der Waals surface area (Å²) in [4.78, 5) is 4.50. The standard InChI is InChI=1S/C9H12N.2C4H9.Sn/c1-3-8(2)9-6-4-5-7-10-9;2*1-3-4-2;/h4-8H,1,3H2,2H3;2*1,3-4H2,2H3;. The van der Waals surface area contributed by atoms with E-state index in [9.17, 15) is 0 Å². The first-order valence-electron chi connectivity index (χ1n) is 8.02. The zero-order valence-electron chi connectivity index (χ0n) is 13.0. The van der Waals surface area contributed by atoms with Crippen molar-refractivity contribution < 1.29 is 0 Å². The summed E-state index contributed by atoms with van der Waals surface area (Å²) in [6.07, 6.45) is 9.03. The molecule has 1 atom stereocenters. The Hall–Kier alpha value is -0.0513. The molecule has 0 saturated heterocycles. The summed E-state index contributed by atoms with van der Waals surface area (Å²) < 4.78 is 4.81. The van der Waals surface area contributed by atoms with E-state index in [1.165, 1.54) is 37.8 Å². The molecule has 1 rings (SSSR count). The molecule has 1 heterocycles. The summed E-state index contributed by atoms with van der Waals surface area (Å²) in [7, 11) is 0. The first kappa shape index (κ1) is 17.0. The molecular formula is C17H30NSn. The van der Waals surface area contributed by atoms with Crippen molar-refractivity contribution in [2.24, 2.45) is 0 Å². The van der Waals surface area contributed by atoms with Gasteiger partial charge in [0, 0.05) is 0 Å². The van der Waals surface area contributed by atoms with Crippen molar-refractivity contribution in [3.05, 3.63) is 30.1 Å². The summed E-state index contributed by atoms with van der Waals surface area (Å²) >= 11 is -1.06. The molecule has 0 bridgehead atoms. The topological polar surface area (TPSA) is 12.9 Å². The molecule has 0 fully saturated rings. The van der Waals surface area contributed by atoms with Gasteiger partial charge in [0.2, 0.25) is 0 Å². The van der Waals surface area contributed by atoms with Gasteiger partial charge >= 0.3 is 127 Å². The van der Waals surface area contributed by atoms with Crippen LogP contribution in [0.4, 0.5) is 0 Å². The van der Waals surface area contributed by atoms with Gasteiger partial charge in [0.15, 0.2) is 0 Å². The quantitative estimate of drug-likeness (QED) is 0.486. The van der Waals surface area contributed by atoms with E-state index in [1.807, 2.05) is 12.3 Å². The minimum atomic E-state index is -1.06. The Morgan fingerprint density at radius 2 is 1.74 bits per heavy atom. The second-order valence-corrected chi connectivity index (χ2v) is 14.2. The van der Waals surface area contributed by atoms with Gasteiger partial charge in [0.05, 0.1) is 0 Å². The Bertz CT molecular complexity index is 304. The molecule has 1 aromatic heterocycles. The molecule has 0 aliphatic heterocycles. The van der Waals surface area contributed by atoms with E-state index in [4.69, 9.17) is 0 Å². The predicted molar refractivity (Wildman–Crippen MR) is 87.3 cm³/mol. The molecule has 1 radical (unpaired) electrons. The molecule has 1 unspecified atom stereocenters. The van der Waals surface area contributed by atoms with Crippen LogP contribution in [0.2, 0.25) is 13.3 Å². The SMILES string of the molecule is CCC[CH2][Sn]([CH2]CCC)[CH2]CC(C)c1ccccn1. The van der Waals surface area contributed by atoms with Gasteiger partial charge in [-0.1, -0.05) is 0 Å². The van der Waals surface area contributed by atoms with E-state index in [-0.39, 0.29) is 0 Å². The van der Waals surface area contributed by atoms with Crippen LogP contribution < -0.4 is 0 Å². The number of hydrogen-bond acceptors (Lipinski definition) is 1. The van der Waals surface area contributed by atoms with Crippen molar-refractivity contribution in [3.8, 4) is 0 Å². The fraction of sp³-hybridized carbons (Fsp3) is 0.706. The van der Waals surface area contributed by atoms with Crippen LogP contribution in [0.3, 0.4) is 0 Å². The average Bonchev–Trinajstić information content (AvgIpc) is 2.47. The molecule has 0 saturated carbocycles. The Balaban J connectivity index is 2.37. The third-order valence-electron chi connectivity index (χ3n) is 3.89. The number of unbranched alkanes of at least 4 members (excludes halogenated alkanes) is 2. The molecule has 2 heteroatoms. The minimum absolute atomic E-state index is 0.653. The molecule has 19 heavy (non-hydrogen) atoms. The van der Waals surface area contributed by atoms with Crippen molar-refractivity contribution in [2.75, 3.05) is 0 Å². The molecule has 0 aliphatic rings. The number of hydrogen-bond donors (Lipinski definition) is 0. The van der Waals surface area contributed by atoms with E-state index in [2.05, 4.69) is 37.9 Å². The fourth-order valence-corrected chi connectivity index (χ4v) is 11.9. The van der Waals surface area contributed by atoms with Crippen molar-refractivity contribution >= 4 is 19.8 Å². The monoisotopic (exact) mass is 368 g/mol. The van der Waals surface area contributed by atoms with Gasteiger partial charge in [-0.3, -0.25) is 0 Å². The summed E-state index contributed by atoms with van der Waals surface area (Å²) in [6, 6.07) is 6.32. The van der Waals surface area contributed by atoms with Crippen LogP contribution in [-0.4, -0.2) is 24.7 Å². The molecule has 1 nitrogen and oxygen atoms in total. The first-order valence-corrected chi connectivity index (χ1v) is 14.1. The molecule has 0 aliphatic carbocycles. The number of pyridine rings is 1. The van der Waals surface area contributed by atoms with Crippen LogP contribution in [-0.2, 0) is 0 Å². The maximum atomic E-state index is 4.50. The molecular weight excluding hydrogens is 337 g/mol. The summed E-state index contributed by atoms with van der Waals surface area (Å²) in [5.74, 6) is 0.653. The third-order valence-corrected chi connectivity index (χ3v) is 12.8. The van der Waals surface area contributed by atoms with E-state index < -0.39 is 19.8 Å². The van der Waals surface area contributed by atoms with Gasteiger partial charge < -0.3 is 0 Å². The van der Waals surface area contributed by atoms with Crippen LogP contribution in [0.25, 0.3) is 0 Å². The number of aromatic nitrogens is 1. The predicted octanol–water partition coefficient (Wildman–Crippen LogP) is 5.67. The molecule has 0 spiro atoms. The molecule has 1 aromatic rings. The van der Waals surface area contributed by atoms with Crippen LogP contribution >= 0.6 is 0 Å². The number of nitrogens with zero attached hydrogens (tertiary/aromatic N) is 1. The van der Waals surface area contributed by atoms with Gasteiger partial charge in [-0.2, -0.15) is 0 Å². The van der Waals surface area contributed by atoms with Gasteiger partial charge in [-0.05, 0) is 0 Å². The molecule has 107 valence electrons. The summed E-state index contributed by atoms with van der Waals surface area (Å²) in [5.41, 5.74) is 1.29. The molecule has 0 amide bonds.